The number of hydrogen-bond acceptors (Lipinski definition) is 12. The van der Waals surface area contributed by atoms with Crippen molar-refractivity contribution in [3.05, 3.63) is 94.6 Å². The fraction of sp³-hybridized carbons (Fsp3) is 0.357. The molecule has 326 valence electrons. The highest BCUT2D eigenvalue weighted by atomic mass is 16.6. The molecule has 0 atom stereocenters. The number of imidazole rings is 2. The maximum absolute atomic E-state index is 13.8. The topological polar surface area (TPSA) is 260 Å². The lowest BCUT2D eigenvalue weighted by Crippen LogP contribution is -2.27. The molecule has 4 aromatic heterocycles. The number of allylic oxidation sites excluding steroid dienone is 2. The van der Waals surface area contributed by atoms with E-state index in [9.17, 15) is 24.0 Å². The largest absolute Gasteiger partial charge is 0.458 e. The van der Waals surface area contributed by atoms with Gasteiger partial charge in [-0.05, 0) is 90.1 Å². The Hall–Kier alpha value is -7.19. The van der Waals surface area contributed by atoms with E-state index in [0.717, 1.165) is 0 Å². The van der Waals surface area contributed by atoms with Crippen molar-refractivity contribution in [1.82, 2.24) is 38.7 Å². The molecule has 6 aromatic rings. The third-order valence-corrected chi connectivity index (χ3v) is 9.29. The van der Waals surface area contributed by atoms with Crippen LogP contribution < -0.4 is 22.1 Å². The van der Waals surface area contributed by atoms with Crippen LogP contribution >= 0.6 is 0 Å². The zero-order valence-corrected chi connectivity index (χ0v) is 35.4. The van der Waals surface area contributed by atoms with Crippen LogP contribution in [0.2, 0.25) is 0 Å². The number of amides is 4. The van der Waals surface area contributed by atoms with Gasteiger partial charge in [0.1, 0.15) is 23.6 Å². The molecule has 2 aromatic carbocycles. The number of ether oxygens (including phenoxy) is 3. The Morgan fingerprint density at radius 3 is 1.66 bits per heavy atom. The summed E-state index contributed by atoms with van der Waals surface area (Å²) >= 11 is 0. The number of esters is 1. The fourth-order valence-corrected chi connectivity index (χ4v) is 6.58. The molecule has 62 heavy (non-hydrogen) atoms. The van der Waals surface area contributed by atoms with Crippen LogP contribution in [0.4, 0.5) is 11.9 Å². The van der Waals surface area contributed by atoms with Gasteiger partial charge in [0.15, 0.2) is 0 Å². The lowest BCUT2D eigenvalue weighted by atomic mass is 10.2. The Balaban J connectivity index is 1.18. The van der Waals surface area contributed by atoms with Crippen LogP contribution in [-0.4, -0.2) is 100 Å². The molecule has 6 rings (SSSR count). The summed E-state index contributed by atoms with van der Waals surface area (Å²) in [6.07, 6.45) is 3.71. The molecular weight excluding hydrogens is 801 g/mol. The molecule has 20 nitrogen and oxygen atoms in total. The van der Waals surface area contributed by atoms with Gasteiger partial charge in [0.2, 0.25) is 23.7 Å². The van der Waals surface area contributed by atoms with Crippen molar-refractivity contribution in [3.8, 4) is 0 Å². The average Bonchev–Trinajstić information content (AvgIpc) is 3.97. The van der Waals surface area contributed by atoms with Crippen molar-refractivity contribution in [2.75, 3.05) is 37.1 Å². The Kier molecular flexibility index (Phi) is 13.6. The third-order valence-electron chi connectivity index (χ3n) is 9.29. The summed E-state index contributed by atoms with van der Waals surface area (Å²) < 4.78 is 22.9. The molecule has 0 aliphatic rings. The highest BCUT2D eigenvalue weighted by molar-refractivity contribution is 6.04. The van der Waals surface area contributed by atoms with Gasteiger partial charge in [-0.3, -0.25) is 39.2 Å². The van der Waals surface area contributed by atoms with Crippen molar-refractivity contribution in [3.63, 3.8) is 0 Å². The highest BCUT2D eigenvalue weighted by Gasteiger charge is 2.21. The first kappa shape index (κ1) is 44.4. The minimum atomic E-state index is -0.629. The number of primary amides is 2. The van der Waals surface area contributed by atoms with E-state index in [-0.39, 0.29) is 74.8 Å². The average molecular weight is 851 g/mol. The van der Waals surface area contributed by atoms with Gasteiger partial charge < -0.3 is 34.8 Å². The van der Waals surface area contributed by atoms with Crippen LogP contribution in [0.5, 0.6) is 0 Å². The van der Waals surface area contributed by atoms with Gasteiger partial charge in [0, 0.05) is 30.8 Å². The smallest absolute Gasteiger partial charge is 0.332 e. The Bertz CT molecular complexity index is 2680. The predicted molar refractivity (Wildman–Crippen MR) is 229 cm³/mol. The maximum atomic E-state index is 13.8. The number of rotatable bonds is 19. The molecule has 0 fully saturated rings. The molecule has 0 aliphatic heterocycles. The quantitative estimate of drug-likeness (QED) is 0.0516. The summed E-state index contributed by atoms with van der Waals surface area (Å²) in [5.74, 6) is -2.17. The van der Waals surface area contributed by atoms with Crippen LogP contribution in [0.3, 0.4) is 0 Å². The van der Waals surface area contributed by atoms with Crippen LogP contribution in [0.15, 0.2) is 60.7 Å². The van der Waals surface area contributed by atoms with Crippen molar-refractivity contribution in [2.45, 2.75) is 73.3 Å². The van der Waals surface area contributed by atoms with E-state index in [2.05, 4.69) is 30.8 Å². The standard InChI is InChI=1S/C42H50N12O8/c1-7-53-33(20-25(2)49-53)38(58)47-40-45-29-22-27(36(43)56)10-12-31(29)51(40)14-8-9-15-52-32-13-11-28(37(44)57)23-30(32)46-41(52)48-39(59)34-21-26(3)50-54(34)16-17-60-18-19-61-24-35(55)62-42(4,5)6/h8-13,20-23H,7,14-19,24H2,1-6H3,(H2,43,56)(H2,44,57)(H,45,47,58)(H,46,48,59)/b9-8+. The Morgan fingerprint density at radius 1 is 0.694 bits per heavy atom. The first-order valence-corrected chi connectivity index (χ1v) is 19.9. The monoisotopic (exact) mass is 850 g/mol. The van der Waals surface area contributed by atoms with E-state index in [1.807, 2.05) is 19.1 Å². The molecule has 0 bridgehead atoms. The Morgan fingerprint density at radius 2 is 1.18 bits per heavy atom. The van der Waals surface area contributed by atoms with Crippen LogP contribution in [-0.2, 0) is 45.2 Å². The van der Waals surface area contributed by atoms with E-state index >= 15 is 0 Å². The summed E-state index contributed by atoms with van der Waals surface area (Å²) in [6.45, 7) is 12.4. The molecule has 0 radical (unpaired) electrons. The number of benzene rings is 2. The van der Waals surface area contributed by atoms with Gasteiger partial charge in [-0.1, -0.05) is 12.2 Å². The summed E-state index contributed by atoms with van der Waals surface area (Å²) in [4.78, 5) is 72.5. The lowest BCUT2D eigenvalue weighted by Gasteiger charge is -2.19. The maximum Gasteiger partial charge on any atom is 0.332 e. The molecule has 6 N–H and O–H groups in total. The SMILES string of the molecule is CCn1nc(C)cc1C(=O)Nc1nc2cc(C(N)=O)ccc2n1C/C=C/Cn1c(NC(=O)c2cc(C)nn2CCOCCOCC(=O)OC(C)(C)C)nc2cc(C(N)=O)ccc21. The van der Waals surface area contributed by atoms with Crippen molar-refractivity contribution >= 4 is 63.6 Å². The van der Waals surface area contributed by atoms with Crippen LogP contribution in [0.1, 0.15) is 80.8 Å². The molecule has 0 saturated carbocycles. The normalized spacial score (nSPS) is 11.8. The number of fused-ring (bicyclic) bond motifs is 2. The van der Waals surface area contributed by atoms with Crippen LogP contribution in [0.25, 0.3) is 22.1 Å². The second-order valence-corrected chi connectivity index (χ2v) is 15.2. The van der Waals surface area contributed by atoms with Gasteiger partial charge >= 0.3 is 5.97 Å². The van der Waals surface area contributed by atoms with E-state index in [1.165, 1.54) is 4.68 Å². The predicted octanol–water partition coefficient (Wildman–Crippen LogP) is 3.75. The summed E-state index contributed by atoms with van der Waals surface area (Å²) in [5, 5.41) is 14.6. The second-order valence-electron chi connectivity index (χ2n) is 15.2. The van der Waals surface area contributed by atoms with Gasteiger partial charge in [0.25, 0.3) is 11.8 Å². The summed E-state index contributed by atoms with van der Waals surface area (Å²) in [7, 11) is 0. The summed E-state index contributed by atoms with van der Waals surface area (Å²) in [6, 6.07) is 13.0. The number of nitrogens with one attached hydrogen (secondary N) is 2. The number of carbonyl (C=O) groups excluding carboxylic acids is 5. The highest BCUT2D eigenvalue weighted by Crippen LogP contribution is 2.24. The molecule has 4 heterocycles. The van der Waals surface area contributed by atoms with Gasteiger partial charge in [-0.2, -0.15) is 10.2 Å². The molecule has 0 unspecified atom stereocenters. The molecular formula is C42H50N12O8. The number of hydrogen-bond donors (Lipinski definition) is 4. The van der Waals surface area contributed by atoms with Crippen molar-refractivity contribution in [1.29, 1.82) is 0 Å². The molecule has 0 aliphatic carbocycles. The van der Waals surface area contributed by atoms with Crippen molar-refractivity contribution in [2.24, 2.45) is 11.5 Å². The number of anilines is 2. The molecule has 0 saturated heterocycles. The van der Waals surface area contributed by atoms with Gasteiger partial charge in [0.05, 0.1) is 59.8 Å². The van der Waals surface area contributed by atoms with Crippen molar-refractivity contribution < 1.29 is 38.2 Å². The minimum absolute atomic E-state index is 0.174. The molecule has 0 spiro atoms. The third kappa shape index (κ3) is 10.8. The number of aromatic nitrogens is 8. The first-order chi connectivity index (χ1) is 29.5. The number of nitrogens with zero attached hydrogens (tertiary/aromatic N) is 8. The first-order valence-electron chi connectivity index (χ1n) is 19.9. The van der Waals surface area contributed by atoms with Gasteiger partial charge in [-0.25, -0.2) is 14.8 Å². The van der Waals surface area contributed by atoms with Gasteiger partial charge in [-0.15, -0.1) is 0 Å². The minimum Gasteiger partial charge on any atom is -0.458 e. The summed E-state index contributed by atoms with van der Waals surface area (Å²) in [5.41, 5.74) is 15.1. The van der Waals surface area contributed by atoms with E-state index in [0.29, 0.717) is 45.7 Å². The Labute approximate surface area is 356 Å². The van der Waals surface area contributed by atoms with E-state index in [4.69, 9.17) is 25.7 Å². The van der Waals surface area contributed by atoms with Crippen LogP contribution in [0, 0.1) is 13.8 Å². The fourth-order valence-electron chi connectivity index (χ4n) is 6.58. The van der Waals surface area contributed by atoms with E-state index < -0.39 is 35.2 Å². The molecule has 20 heteroatoms. The second kappa shape index (κ2) is 19.0. The number of nitrogens with two attached hydrogens (primary N) is 2. The number of carbonyl (C=O) groups is 5. The molecule has 4 amide bonds. The van der Waals surface area contributed by atoms with E-state index in [1.54, 1.807) is 97.0 Å². The zero-order chi connectivity index (χ0) is 44.7. The lowest BCUT2D eigenvalue weighted by molar-refractivity contribution is -0.160. The zero-order valence-electron chi connectivity index (χ0n) is 35.4. The number of aryl methyl sites for hydroxylation is 3.